The summed E-state index contributed by atoms with van der Waals surface area (Å²) in [5.41, 5.74) is -3.26. The van der Waals surface area contributed by atoms with Gasteiger partial charge in [0.2, 0.25) is 5.78 Å². The van der Waals surface area contributed by atoms with Crippen molar-refractivity contribution < 1.29 is 42.1 Å². The molecule has 356 valence electrons. The lowest BCUT2D eigenvalue weighted by Crippen LogP contribution is -2.67. The highest BCUT2D eigenvalue weighted by molar-refractivity contribution is 6.33. The molecule has 7 nitrogen and oxygen atoms in total. The Morgan fingerprint density at radius 3 is 2.42 bits per heavy atom. The van der Waals surface area contributed by atoms with Crippen LogP contribution in [0.4, 0.5) is 18.0 Å². The molecular weight excluding hydrogens is 875 g/mol. The minimum Gasteiger partial charge on any atom is -0.453 e. The fraction of sp³-hybridized carbons (Fsp3) is 0.536. The summed E-state index contributed by atoms with van der Waals surface area (Å²) in [6, 6.07) is 20.3. The SMILES string of the molecule is CC(C)[C@H]1CC[C@H](C)C[C@@H]1OC(=O)N(Cc1cccc2ccccc12)C[C@]1(O)CC[C@H]2[C@]34C=C[C@@]5(C=C3C(=O)c3ccc(-c6cc(C(F)(F)F)ccc6Cl)o3)CC(O)CC[C@]5(C)[C@H]4CC[C@@]21C. The van der Waals surface area contributed by atoms with E-state index >= 15 is 4.79 Å². The van der Waals surface area contributed by atoms with Crippen molar-refractivity contribution in [3.63, 3.8) is 0 Å². The standard InChI is InChI=1S/C56H63ClF3NO6/c1-33(2)39-15-13-34(3)27-46(39)67-50(64)61(31-36-11-8-10-35-9-6-7-12-40(35)36)32-54(65)24-21-48-52(54,5)23-20-47-51(4)22-19-38(62)29-53(51)25-26-55(47,48)42(30-53)49(63)45-18-17-44(66-45)41-28-37(56(58,59)60)14-16-43(41)57/h6-12,14,16-18,25-26,28,30,33-34,38-39,46-48,62,65H,13,15,19-24,27,29,31-32H2,1-5H3/t34-,38?,39+,46-,47+,48+,51+,52-,53-,54+,55+/m0/s1. The number of fused-ring (bicyclic) bond motifs is 2. The molecule has 0 saturated heterocycles. The fourth-order valence-electron chi connectivity index (χ4n) is 14.8. The van der Waals surface area contributed by atoms with Gasteiger partial charge in [-0.2, -0.15) is 13.2 Å². The Bertz CT molecular complexity index is 2670. The van der Waals surface area contributed by atoms with Crippen LogP contribution >= 0.6 is 11.6 Å². The second-order valence-electron chi connectivity index (χ2n) is 22.2. The predicted molar refractivity (Wildman–Crippen MR) is 253 cm³/mol. The normalized spacial score (nSPS) is 35.5. The highest BCUT2D eigenvalue weighted by Crippen LogP contribution is 2.78. The van der Waals surface area contributed by atoms with E-state index < -0.39 is 45.8 Å². The number of Topliss-reactive ketones (excluding diaryl/α,β-unsaturated/α-hetero) is 1. The molecule has 11 heteroatoms. The molecule has 1 heterocycles. The average molecular weight is 939 g/mol. The van der Waals surface area contributed by atoms with Gasteiger partial charge < -0.3 is 24.3 Å². The van der Waals surface area contributed by atoms with Gasteiger partial charge in [-0.3, -0.25) is 4.79 Å². The van der Waals surface area contributed by atoms with Gasteiger partial charge in [0.1, 0.15) is 11.9 Å². The van der Waals surface area contributed by atoms with Gasteiger partial charge in [0.15, 0.2) is 5.76 Å². The van der Waals surface area contributed by atoms with Gasteiger partial charge in [-0.15, -0.1) is 0 Å². The zero-order chi connectivity index (χ0) is 47.5. The molecule has 0 aliphatic heterocycles. The van der Waals surface area contributed by atoms with Crippen molar-refractivity contribution in [3.05, 3.63) is 119 Å². The molecule has 1 unspecified atom stereocenters. The maximum atomic E-state index is 15.4. The number of benzene rings is 3. The van der Waals surface area contributed by atoms with Crippen molar-refractivity contribution in [2.45, 2.75) is 129 Å². The number of halogens is 4. The minimum absolute atomic E-state index is 0.0143. The van der Waals surface area contributed by atoms with Crippen molar-refractivity contribution in [1.82, 2.24) is 4.90 Å². The number of hydrogen-bond acceptors (Lipinski definition) is 6. The molecule has 2 spiro atoms. The van der Waals surface area contributed by atoms with Crippen LogP contribution in [0, 0.1) is 51.2 Å². The number of aliphatic hydroxyl groups is 2. The number of hydrogen-bond donors (Lipinski definition) is 2. The first-order valence-electron chi connectivity index (χ1n) is 24.5. The van der Waals surface area contributed by atoms with Gasteiger partial charge in [0, 0.05) is 33.9 Å². The Morgan fingerprint density at radius 2 is 1.64 bits per heavy atom. The minimum atomic E-state index is -4.61. The first-order valence-corrected chi connectivity index (χ1v) is 24.9. The molecule has 7 aliphatic carbocycles. The summed E-state index contributed by atoms with van der Waals surface area (Å²) in [7, 11) is 0. The van der Waals surface area contributed by atoms with E-state index in [-0.39, 0.29) is 70.3 Å². The smallest absolute Gasteiger partial charge is 0.416 e. The second-order valence-corrected chi connectivity index (χ2v) is 22.6. The van der Waals surface area contributed by atoms with Crippen LogP contribution in [-0.4, -0.2) is 51.3 Å². The van der Waals surface area contributed by atoms with Gasteiger partial charge in [-0.1, -0.05) is 113 Å². The van der Waals surface area contributed by atoms with Crippen LogP contribution in [0.2, 0.25) is 5.02 Å². The van der Waals surface area contributed by atoms with Crippen molar-refractivity contribution in [3.8, 4) is 11.3 Å². The summed E-state index contributed by atoms with van der Waals surface area (Å²) in [6.07, 6.45) is 7.77. The molecule has 2 bridgehead atoms. The van der Waals surface area contributed by atoms with Crippen molar-refractivity contribution in [1.29, 1.82) is 0 Å². The molecule has 11 rings (SSSR count). The molecule has 11 atom stereocenters. The van der Waals surface area contributed by atoms with E-state index in [1.807, 2.05) is 24.3 Å². The summed E-state index contributed by atoms with van der Waals surface area (Å²) >= 11 is 6.45. The van der Waals surface area contributed by atoms with E-state index in [0.29, 0.717) is 55.9 Å². The summed E-state index contributed by atoms with van der Waals surface area (Å²) in [6.45, 7) is 11.4. The predicted octanol–water partition coefficient (Wildman–Crippen LogP) is 13.6. The number of amides is 1. The fourth-order valence-corrected chi connectivity index (χ4v) is 15.0. The van der Waals surface area contributed by atoms with Crippen LogP contribution in [0.5, 0.6) is 0 Å². The molecule has 4 aromatic rings. The lowest BCUT2D eigenvalue weighted by atomic mass is 9.32. The van der Waals surface area contributed by atoms with Crippen molar-refractivity contribution >= 4 is 34.2 Å². The second kappa shape index (κ2) is 16.4. The number of ketones is 1. The van der Waals surface area contributed by atoms with Crippen LogP contribution < -0.4 is 0 Å². The van der Waals surface area contributed by atoms with E-state index in [4.69, 9.17) is 20.8 Å². The molecule has 2 N–H and O–H groups in total. The van der Waals surface area contributed by atoms with Crippen LogP contribution in [0.3, 0.4) is 0 Å². The number of nitrogens with zero attached hydrogens (tertiary/aromatic N) is 1. The van der Waals surface area contributed by atoms with Gasteiger partial charge in [0.05, 0.1) is 28.8 Å². The topological polar surface area (TPSA) is 100 Å². The summed E-state index contributed by atoms with van der Waals surface area (Å²) in [5, 5.41) is 26.9. The monoisotopic (exact) mass is 937 g/mol. The average Bonchev–Trinajstić information content (AvgIpc) is 3.88. The number of carbonyl (C=O) groups excluding carboxylic acids is 2. The van der Waals surface area contributed by atoms with E-state index in [0.717, 1.165) is 54.2 Å². The summed E-state index contributed by atoms with van der Waals surface area (Å²) < 4.78 is 54.3. The van der Waals surface area contributed by atoms with E-state index in [1.54, 1.807) is 4.90 Å². The van der Waals surface area contributed by atoms with Crippen LogP contribution in [0.15, 0.2) is 101 Å². The van der Waals surface area contributed by atoms with Gasteiger partial charge in [-0.05, 0) is 139 Å². The van der Waals surface area contributed by atoms with Crippen molar-refractivity contribution in [2.24, 2.45) is 51.2 Å². The Morgan fingerprint density at radius 1 is 0.910 bits per heavy atom. The van der Waals surface area contributed by atoms with E-state index in [2.05, 4.69) is 71.0 Å². The Labute approximate surface area is 396 Å². The molecule has 67 heavy (non-hydrogen) atoms. The van der Waals surface area contributed by atoms with E-state index in [9.17, 15) is 28.2 Å². The molecule has 1 amide bonds. The third-order valence-electron chi connectivity index (χ3n) is 18.5. The summed E-state index contributed by atoms with van der Waals surface area (Å²) in [4.78, 5) is 32.0. The largest absolute Gasteiger partial charge is 0.453 e. The third kappa shape index (κ3) is 7.27. The van der Waals surface area contributed by atoms with Crippen LogP contribution in [0.25, 0.3) is 22.1 Å². The molecule has 1 aromatic heterocycles. The Balaban J connectivity index is 1.03. The highest BCUT2D eigenvalue weighted by atomic mass is 35.5. The maximum absolute atomic E-state index is 15.4. The molecule has 7 aliphatic rings. The molecule has 4 fully saturated rings. The quantitative estimate of drug-likeness (QED) is 0.128. The lowest BCUT2D eigenvalue weighted by molar-refractivity contribution is -0.175. The highest BCUT2D eigenvalue weighted by Gasteiger charge is 2.75. The number of rotatable bonds is 9. The first kappa shape index (κ1) is 46.4. The summed E-state index contributed by atoms with van der Waals surface area (Å²) in [5.74, 6) is 0.414. The zero-order valence-corrected chi connectivity index (χ0v) is 39.9. The molecule has 3 aromatic carbocycles. The number of aliphatic hydroxyl groups excluding tert-OH is 1. The Kier molecular flexibility index (Phi) is 11.3. The lowest BCUT2D eigenvalue weighted by Gasteiger charge is -2.71. The zero-order valence-electron chi connectivity index (χ0n) is 39.2. The van der Waals surface area contributed by atoms with Crippen molar-refractivity contribution in [2.75, 3.05) is 6.54 Å². The molecule has 4 saturated carbocycles. The molecule has 0 radical (unpaired) electrons. The van der Waals surface area contributed by atoms with Gasteiger partial charge >= 0.3 is 12.3 Å². The number of allylic oxidation sites excluding steroid dienone is 4. The van der Waals surface area contributed by atoms with Gasteiger partial charge in [-0.25, -0.2) is 4.79 Å². The number of furan rings is 1. The van der Waals surface area contributed by atoms with Crippen LogP contribution in [-0.2, 0) is 17.5 Å². The van der Waals surface area contributed by atoms with Gasteiger partial charge in [0.25, 0.3) is 0 Å². The number of ether oxygens (including phenoxy) is 1. The number of alkyl halides is 3. The number of carbonyl (C=O) groups is 2. The first-order chi connectivity index (χ1) is 31.7. The van der Waals surface area contributed by atoms with Crippen LogP contribution in [0.1, 0.15) is 121 Å². The molecular formula is C56H63ClF3NO6. The maximum Gasteiger partial charge on any atom is 0.416 e. The third-order valence-corrected chi connectivity index (χ3v) is 18.8. The van der Waals surface area contributed by atoms with E-state index in [1.165, 1.54) is 18.2 Å². The Hall–Kier alpha value is -4.38.